The summed E-state index contributed by atoms with van der Waals surface area (Å²) in [5.74, 6) is 0. The SMILES string of the molecule is CC(N)c1ccc(N(C)C2CCCCC2O)c(Br)c1. The molecular weight excluding hydrogens is 304 g/mol. The van der Waals surface area contributed by atoms with Crippen LogP contribution in [-0.4, -0.2) is 24.3 Å². The van der Waals surface area contributed by atoms with E-state index in [2.05, 4.69) is 46.1 Å². The normalized spacial score (nSPS) is 25.1. The van der Waals surface area contributed by atoms with Gasteiger partial charge in [0.15, 0.2) is 0 Å². The number of hydrogen-bond acceptors (Lipinski definition) is 3. The van der Waals surface area contributed by atoms with E-state index in [1.165, 1.54) is 6.42 Å². The molecule has 0 amide bonds. The number of hydrogen-bond donors (Lipinski definition) is 2. The topological polar surface area (TPSA) is 49.5 Å². The van der Waals surface area contributed by atoms with Gasteiger partial charge in [0, 0.05) is 17.6 Å². The predicted octanol–water partition coefficient (Wildman–Crippen LogP) is 3.21. The van der Waals surface area contributed by atoms with Crippen LogP contribution in [0.4, 0.5) is 5.69 Å². The van der Waals surface area contributed by atoms with E-state index in [1.807, 2.05) is 6.92 Å². The average molecular weight is 327 g/mol. The minimum atomic E-state index is -0.223. The molecule has 2 rings (SSSR count). The quantitative estimate of drug-likeness (QED) is 0.896. The van der Waals surface area contributed by atoms with E-state index in [4.69, 9.17) is 5.73 Å². The van der Waals surface area contributed by atoms with Gasteiger partial charge in [-0.2, -0.15) is 0 Å². The highest BCUT2D eigenvalue weighted by Gasteiger charge is 2.27. The van der Waals surface area contributed by atoms with Gasteiger partial charge in [0.2, 0.25) is 0 Å². The second kappa shape index (κ2) is 6.25. The molecule has 1 aliphatic rings. The molecule has 0 saturated heterocycles. The molecule has 1 saturated carbocycles. The third kappa shape index (κ3) is 3.30. The molecular formula is C15H23BrN2O. The van der Waals surface area contributed by atoms with Gasteiger partial charge in [-0.1, -0.05) is 18.9 Å². The van der Waals surface area contributed by atoms with Gasteiger partial charge in [-0.15, -0.1) is 0 Å². The first-order valence-corrected chi connectivity index (χ1v) is 7.76. The molecule has 3 N–H and O–H groups in total. The summed E-state index contributed by atoms with van der Waals surface area (Å²) in [6, 6.07) is 6.48. The lowest BCUT2D eigenvalue weighted by Crippen LogP contribution is -2.43. The first kappa shape index (κ1) is 14.8. The smallest absolute Gasteiger partial charge is 0.0743 e. The molecule has 4 heteroatoms. The van der Waals surface area contributed by atoms with E-state index < -0.39 is 0 Å². The van der Waals surface area contributed by atoms with Crippen molar-refractivity contribution in [3.63, 3.8) is 0 Å². The van der Waals surface area contributed by atoms with Gasteiger partial charge in [-0.05, 0) is 53.4 Å². The summed E-state index contributed by atoms with van der Waals surface area (Å²) in [6.07, 6.45) is 4.07. The Morgan fingerprint density at radius 2 is 2.05 bits per heavy atom. The molecule has 0 aromatic heterocycles. The summed E-state index contributed by atoms with van der Waals surface area (Å²) in [5, 5.41) is 10.2. The number of anilines is 1. The van der Waals surface area contributed by atoms with Crippen LogP contribution in [0.25, 0.3) is 0 Å². The number of halogens is 1. The Labute approximate surface area is 123 Å². The molecule has 0 bridgehead atoms. The van der Waals surface area contributed by atoms with Gasteiger partial charge >= 0.3 is 0 Å². The van der Waals surface area contributed by atoms with Crippen molar-refractivity contribution >= 4 is 21.6 Å². The van der Waals surface area contributed by atoms with Crippen LogP contribution in [0.5, 0.6) is 0 Å². The fourth-order valence-electron chi connectivity index (χ4n) is 2.81. The van der Waals surface area contributed by atoms with Gasteiger partial charge in [0.1, 0.15) is 0 Å². The minimum absolute atomic E-state index is 0.0379. The van der Waals surface area contributed by atoms with Crippen molar-refractivity contribution in [3.05, 3.63) is 28.2 Å². The van der Waals surface area contributed by atoms with E-state index >= 15 is 0 Å². The van der Waals surface area contributed by atoms with Gasteiger partial charge in [0.25, 0.3) is 0 Å². The maximum Gasteiger partial charge on any atom is 0.0743 e. The van der Waals surface area contributed by atoms with Crippen LogP contribution in [0.3, 0.4) is 0 Å². The average Bonchev–Trinajstić information content (AvgIpc) is 2.38. The summed E-state index contributed by atoms with van der Waals surface area (Å²) in [7, 11) is 2.06. The molecule has 3 atom stereocenters. The molecule has 1 aromatic rings. The summed E-state index contributed by atoms with van der Waals surface area (Å²) in [6.45, 7) is 1.98. The standard InChI is InChI=1S/C15H23BrN2O/c1-10(17)11-7-8-13(12(16)9-11)18(2)14-5-3-4-6-15(14)19/h7-10,14-15,19H,3-6,17H2,1-2H3. The van der Waals surface area contributed by atoms with Crippen molar-refractivity contribution < 1.29 is 5.11 Å². The van der Waals surface area contributed by atoms with Crippen molar-refractivity contribution in [3.8, 4) is 0 Å². The Bertz CT molecular complexity index is 436. The first-order valence-electron chi connectivity index (χ1n) is 6.96. The van der Waals surface area contributed by atoms with Crippen molar-refractivity contribution in [2.75, 3.05) is 11.9 Å². The second-order valence-electron chi connectivity index (χ2n) is 5.53. The van der Waals surface area contributed by atoms with E-state index in [0.717, 1.165) is 35.0 Å². The number of rotatable bonds is 3. The number of likely N-dealkylation sites (N-methyl/N-ethyl adjacent to an activating group) is 1. The second-order valence-corrected chi connectivity index (χ2v) is 6.38. The molecule has 0 aliphatic heterocycles. The van der Waals surface area contributed by atoms with Crippen LogP contribution < -0.4 is 10.6 Å². The lowest BCUT2D eigenvalue weighted by Gasteiger charge is -2.37. The molecule has 1 fully saturated rings. The van der Waals surface area contributed by atoms with Crippen molar-refractivity contribution in [1.82, 2.24) is 0 Å². The van der Waals surface area contributed by atoms with Crippen molar-refractivity contribution in [2.24, 2.45) is 5.73 Å². The van der Waals surface area contributed by atoms with Gasteiger partial charge in [-0.25, -0.2) is 0 Å². The van der Waals surface area contributed by atoms with Crippen LogP contribution in [0.1, 0.15) is 44.2 Å². The Kier molecular flexibility index (Phi) is 4.87. The zero-order valence-electron chi connectivity index (χ0n) is 11.6. The third-order valence-electron chi connectivity index (χ3n) is 4.07. The minimum Gasteiger partial charge on any atom is -0.391 e. The highest BCUT2D eigenvalue weighted by molar-refractivity contribution is 9.10. The molecule has 106 valence electrons. The van der Waals surface area contributed by atoms with Gasteiger partial charge in [0.05, 0.1) is 17.8 Å². The van der Waals surface area contributed by atoms with Crippen LogP contribution in [0.15, 0.2) is 22.7 Å². The monoisotopic (exact) mass is 326 g/mol. The number of benzene rings is 1. The highest BCUT2D eigenvalue weighted by atomic mass is 79.9. The number of nitrogens with zero attached hydrogens (tertiary/aromatic N) is 1. The van der Waals surface area contributed by atoms with E-state index in [-0.39, 0.29) is 18.2 Å². The Morgan fingerprint density at radius 1 is 1.37 bits per heavy atom. The van der Waals surface area contributed by atoms with Crippen molar-refractivity contribution in [1.29, 1.82) is 0 Å². The van der Waals surface area contributed by atoms with Gasteiger partial charge in [-0.3, -0.25) is 0 Å². The number of aliphatic hydroxyl groups is 1. The van der Waals surface area contributed by atoms with Crippen molar-refractivity contribution in [2.45, 2.75) is 50.8 Å². The van der Waals surface area contributed by atoms with Crippen LogP contribution in [0.2, 0.25) is 0 Å². The lowest BCUT2D eigenvalue weighted by atomic mass is 9.91. The summed E-state index contributed by atoms with van der Waals surface area (Å²) >= 11 is 3.62. The predicted molar refractivity (Wildman–Crippen MR) is 83.4 cm³/mol. The first-order chi connectivity index (χ1) is 9.00. The Hall–Kier alpha value is -0.580. The Balaban J connectivity index is 2.21. The molecule has 0 heterocycles. The van der Waals surface area contributed by atoms with E-state index in [1.54, 1.807) is 0 Å². The fraction of sp³-hybridized carbons (Fsp3) is 0.600. The summed E-state index contributed by atoms with van der Waals surface area (Å²) in [5.41, 5.74) is 8.14. The van der Waals surface area contributed by atoms with Gasteiger partial charge < -0.3 is 15.7 Å². The molecule has 3 nitrogen and oxygen atoms in total. The molecule has 0 radical (unpaired) electrons. The summed E-state index contributed by atoms with van der Waals surface area (Å²) < 4.78 is 1.04. The largest absolute Gasteiger partial charge is 0.391 e. The van der Waals surface area contributed by atoms with E-state index in [0.29, 0.717) is 0 Å². The van der Waals surface area contributed by atoms with Crippen LogP contribution in [-0.2, 0) is 0 Å². The molecule has 19 heavy (non-hydrogen) atoms. The maximum absolute atomic E-state index is 10.2. The number of aliphatic hydroxyl groups excluding tert-OH is 1. The molecule has 0 spiro atoms. The van der Waals surface area contributed by atoms with Crippen LogP contribution in [0, 0.1) is 0 Å². The molecule has 3 unspecified atom stereocenters. The lowest BCUT2D eigenvalue weighted by molar-refractivity contribution is 0.106. The van der Waals surface area contributed by atoms with E-state index in [9.17, 15) is 5.11 Å². The summed E-state index contributed by atoms with van der Waals surface area (Å²) in [4.78, 5) is 2.19. The third-order valence-corrected chi connectivity index (χ3v) is 4.70. The Morgan fingerprint density at radius 3 is 2.63 bits per heavy atom. The van der Waals surface area contributed by atoms with Crippen LogP contribution >= 0.6 is 15.9 Å². The number of nitrogens with two attached hydrogens (primary N) is 1. The molecule has 1 aliphatic carbocycles. The molecule has 1 aromatic carbocycles. The zero-order valence-corrected chi connectivity index (χ0v) is 13.2. The fourth-order valence-corrected chi connectivity index (χ4v) is 3.49. The maximum atomic E-state index is 10.2. The zero-order chi connectivity index (χ0) is 14.0. The highest BCUT2D eigenvalue weighted by Crippen LogP contribution is 2.33.